The summed E-state index contributed by atoms with van der Waals surface area (Å²) >= 11 is 0. The SMILES string of the molecule is C=C1[C@@H]2C(=O)[C@]3(C)[C@H](O[C@]14[C@@H](OC(C)=O)C(=O)O[C@H](c1ccoc1)[C@@]4(C)[C@@H]2OC(C)=O)[C@H](OC(C)=O)[C@H](OC(C)=O)C(C)(C)[C@H]3CC(=O)OC. The quantitative estimate of drug-likeness (QED) is 0.228. The first-order valence-electron chi connectivity index (χ1n) is 16.1. The number of hydrogen-bond acceptors (Lipinski definition) is 15. The van der Waals surface area contributed by atoms with Gasteiger partial charge in [-0.05, 0) is 31.4 Å². The van der Waals surface area contributed by atoms with Gasteiger partial charge in [-0.15, -0.1) is 0 Å². The van der Waals surface area contributed by atoms with Crippen LogP contribution in [0.1, 0.15) is 73.5 Å². The van der Waals surface area contributed by atoms with E-state index < -0.39 is 118 Å². The fraction of sp³-hybridized carbons (Fsp3) is 0.629. The Kier molecular flexibility index (Phi) is 9.08. The molecule has 5 rings (SSSR count). The fourth-order valence-corrected chi connectivity index (χ4v) is 9.21. The average Bonchev–Trinajstić information content (AvgIpc) is 3.59. The summed E-state index contributed by atoms with van der Waals surface area (Å²) in [5.41, 5.74) is -6.93. The third kappa shape index (κ3) is 5.06. The smallest absolute Gasteiger partial charge is 0.351 e. The van der Waals surface area contributed by atoms with Gasteiger partial charge in [-0.3, -0.25) is 28.8 Å². The highest BCUT2D eigenvalue weighted by molar-refractivity contribution is 5.95. The number of carbonyl (C=O) groups is 7. The largest absolute Gasteiger partial charge is 0.472 e. The van der Waals surface area contributed by atoms with Crippen LogP contribution in [0.2, 0.25) is 0 Å². The summed E-state index contributed by atoms with van der Waals surface area (Å²) in [4.78, 5) is 93.8. The van der Waals surface area contributed by atoms with Gasteiger partial charge in [0.2, 0.25) is 6.10 Å². The predicted octanol–water partition coefficient (Wildman–Crippen LogP) is 2.73. The van der Waals surface area contributed by atoms with Gasteiger partial charge in [0.05, 0.1) is 42.8 Å². The zero-order valence-electron chi connectivity index (χ0n) is 29.4. The highest BCUT2D eigenvalue weighted by atomic mass is 16.7. The molecule has 1 aromatic rings. The number of hydrogen-bond donors (Lipinski definition) is 0. The van der Waals surface area contributed by atoms with Crippen molar-refractivity contribution >= 4 is 41.6 Å². The molecule has 15 heteroatoms. The Morgan fingerprint density at radius 1 is 0.860 bits per heavy atom. The van der Waals surface area contributed by atoms with E-state index in [2.05, 4.69) is 6.58 Å². The maximum absolute atomic E-state index is 15.6. The van der Waals surface area contributed by atoms with Crippen molar-refractivity contribution in [3.63, 3.8) is 0 Å². The molecule has 50 heavy (non-hydrogen) atoms. The molecule has 0 radical (unpaired) electrons. The number of ether oxygens (including phenoxy) is 7. The lowest BCUT2D eigenvalue weighted by Crippen LogP contribution is -2.75. The van der Waals surface area contributed by atoms with Crippen LogP contribution in [0.25, 0.3) is 0 Å². The van der Waals surface area contributed by atoms with Crippen LogP contribution >= 0.6 is 0 Å². The molecule has 272 valence electrons. The number of furan rings is 1. The van der Waals surface area contributed by atoms with Crippen LogP contribution in [0.15, 0.2) is 35.2 Å². The van der Waals surface area contributed by atoms with Gasteiger partial charge in [-0.2, -0.15) is 0 Å². The third-order valence-electron chi connectivity index (χ3n) is 11.2. The maximum Gasteiger partial charge on any atom is 0.351 e. The normalized spacial score (nSPS) is 38.4. The highest BCUT2D eigenvalue weighted by Gasteiger charge is 2.84. The first-order chi connectivity index (χ1) is 23.2. The van der Waals surface area contributed by atoms with Crippen LogP contribution in [0, 0.1) is 28.1 Å². The number of carbonyl (C=O) groups excluding carboxylic acids is 7. The number of rotatable bonds is 7. The van der Waals surface area contributed by atoms with Gasteiger partial charge in [0, 0.05) is 38.7 Å². The minimum atomic E-state index is -2.23. The van der Waals surface area contributed by atoms with Crippen LogP contribution in [0.3, 0.4) is 0 Å². The molecule has 2 bridgehead atoms. The molecule has 0 unspecified atom stereocenters. The Hall–Kier alpha value is -4.53. The van der Waals surface area contributed by atoms with Gasteiger partial charge < -0.3 is 37.6 Å². The molecule has 4 aliphatic rings. The van der Waals surface area contributed by atoms with Gasteiger partial charge in [-0.25, -0.2) is 4.79 Å². The van der Waals surface area contributed by atoms with Gasteiger partial charge in [0.25, 0.3) is 0 Å². The van der Waals surface area contributed by atoms with Gasteiger partial charge in [0.1, 0.15) is 24.4 Å². The first-order valence-corrected chi connectivity index (χ1v) is 16.1. The summed E-state index contributed by atoms with van der Waals surface area (Å²) < 4.78 is 46.8. The number of cyclic esters (lactones) is 1. The lowest BCUT2D eigenvalue weighted by molar-refractivity contribution is -0.317. The van der Waals surface area contributed by atoms with E-state index in [1.165, 1.54) is 32.6 Å². The molecule has 1 aromatic heterocycles. The monoisotopic (exact) mass is 702 g/mol. The van der Waals surface area contributed by atoms with E-state index in [1.807, 2.05) is 0 Å². The topological polar surface area (TPSA) is 197 Å². The van der Waals surface area contributed by atoms with Crippen molar-refractivity contribution < 1.29 is 71.1 Å². The lowest BCUT2D eigenvalue weighted by Gasteiger charge is -2.62. The minimum absolute atomic E-state index is 0.0801. The molecule has 3 heterocycles. The van der Waals surface area contributed by atoms with Crippen molar-refractivity contribution in [3.05, 3.63) is 36.3 Å². The summed E-state index contributed by atoms with van der Waals surface area (Å²) in [5, 5.41) is 0. The van der Waals surface area contributed by atoms with Crippen molar-refractivity contribution in [1.29, 1.82) is 0 Å². The molecular formula is C35H42O15. The van der Waals surface area contributed by atoms with Crippen LogP contribution in [0.5, 0.6) is 0 Å². The van der Waals surface area contributed by atoms with Crippen LogP contribution in [0.4, 0.5) is 0 Å². The molecule has 15 nitrogen and oxygen atoms in total. The van der Waals surface area contributed by atoms with E-state index in [9.17, 15) is 28.8 Å². The second-order valence-corrected chi connectivity index (χ2v) is 14.4. The van der Waals surface area contributed by atoms with Gasteiger partial charge >= 0.3 is 35.8 Å². The maximum atomic E-state index is 15.6. The van der Waals surface area contributed by atoms with Crippen LogP contribution in [-0.4, -0.2) is 84.8 Å². The van der Waals surface area contributed by atoms with Crippen molar-refractivity contribution in [2.45, 2.75) is 104 Å². The van der Waals surface area contributed by atoms with Crippen molar-refractivity contribution in [3.8, 4) is 0 Å². The Labute approximate surface area is 288 Å². The highest BCUT2D eigenvalue weighted by Crippen LogP contribution is 2.71. The molecule has 0 N–H and O–H groups in total. The van der Waals surface area contributed by atoms with Gasteiger partial charge in [0.15, 0.2) is 17.5 Å². The van der Waals surface area contributed by atoms with E-state index in [-0.39, 0.29) is 5.57 Å². The second-order valence-electron chi connectivity index (χ2n) is 14.4. The molecule has 4 fully saturated rings. The summed E-state index contributed by atoms with van der Waals surface area (Å²) in [5.74, 6) is -8.26. The fourth-order valence-electron chi connectivity index (χ4n) is 9.21. The number of ketones is 1. The van der Waals surface area contributed by atoms with Crippen molar-refractivity contribution in [1.82, 2.24) is 0 Å². The number of fused-ring (bicyclic) bond motifs is 2. The number of Topliss-reactive ketones (excluding diaryl/α,β-unsaturated/α-hetero) is 1. The van der Waals surface area contributed by atoms with Crippen LogP contribution in [-0.2, 0) is 66.7 Å². The molecule has 0 aromatic carbocycles. The Bertz CT molecular complexity index is 1640. The number of esters is 6. The summed E-state index contributed by atoms with van der Waals surface area (Å²) in [6, 6.07) is 1.51. The number of methoxy groups -OCH3 is 1. The summed E-state index contributed by atoms with van der Waals surface area (Å²) in [6.07, 6.45) is -6.96. The van der Waals surface area contributed by atoms with E-state index in [0.717, 1.165) is 27.7 Å². The average molecular weight is 703 g/mol. The van der Waals surface area contributed by atoms with E-state index in [4.69, 9.17) is 37.6 Å². The van der Waals surface area contributed by atoms with Gasteiger partial charge in [-0.1, -0.05) is 20.4 Å². The first kappa shape index (κ1) is 36.7. The van der Waals surface area contributed by atoms with Crippen LogP contribution < -0.4 is 0 Å². The molecule has 0 amide bonds. The molecular weight excluding hydrogens is 660 g/mol. The Morgan fingerprint density at radius 3 is 1.96 bits per heavy atom. The molecule has 1 spiro atoms. The third-order valence-corrected chi connectivity index (χ3v) is 11.2. The minimum Gasteiger partial charge on any atom is -0.472 e. The molecule has 2 saturated heterocycles. The zero-order chi connectivity index (χ0) is 37.3. The lowest BCUT2D eigenvalue weighted by atomic mass is 9.49. The predicted molar refractivity (Wildman–Crippen MR) is 165 cm³/mol. The Morgan fingerprint density at radius 2 is 1.44 bits per heavy atom. The van der Waals surface area contributed by atoms with E-state index >= 15 is 4.79 Å². The molecule has 2 saturated carbocycles. The van der Waals surface area contributed by atoms with E-state index in [1.54, 1.807) is 20.8 Å². The summed E-state index contributed by atoms with van der Waals surface area (Å²) in [7, 11) is 1.17. The van der Waals surface area contributed by atoms with E-state index in [0.29, 0.717) is 5.56 Å². The van der Waals surface area contributed by atoms with Crippen molar-refractivity contribution in [2.24, 2.45) is 28.1 Å². The zero-order valence-corrected chi connectivity index (χ0v) is 29.4. The van der Waals surface area contributed by atoms with Crippen molar-refractivity contribution in [2.75, 3.05) is 7.11 Å². The molecule has 11 atom stereocenters. The molecule has 2 aliphatic heterocycles. The Balaban J connectivity index is 1.91. The second kappa shape index (κ2) is 12.4. The molecule has 2 aliphatic carbocycles. The summed E-state index contributed by atoms with van der Waals surface area (Å²) in [6.45, 7) is 15.1. The standard InChI is InChI=1S/C35H42O15/c1-15-23-25(41)33(8)21(13-22(40)43-10)32(6,7)28(47-18(4)38)24(45-16(2)36)29(33)50-35(15)30(48-19(5)39)31(42)49-26(20-11-12-44-14-20)34(35,9)27(23)46-17(3)37/h11-12,14,21,23-24,26-30H,1,13H2,2-10H3/t21-,23-,24-,26-,27-,28+,29-,30+,33-,34+,35+/m1/s1.